The van der Waals surface area contributed by atoms with Crippen LogP contribution in [0, 0.1) is 0 Å². The molecule has 2 N–H and O–H groups in total. The van der Waals surface area contributed by atoms with Crippen LogP contribution in [0.25, 0.3) is 0 Å². The van der Waals surface area contributed by atoms with E-state index < -0.39 is 0 Å². The zero-order chi connectivity index (χ0) is 19.1. The SMILES string of the molecule is COCCNC(=O)c1cncc(C(=O)Nc2ccc(N3CCCC3)cc2)c1. The minimum Gasteiger partial charge on any atom is -0.383 e. The maximum atomic E-state index is 12.5. The molecule has 0 radical (unpaired) electrons. The molecule has 27 heavy (non-hydrogen) atoms. The maximum absolute atomic E-state index is 12.5. The van der Waals surface area contributed by atoms with Crippen molar-refractivity contribution >= 4 is 23.2 Å². The number of ether oxygens (including phenoxy) is 1. The number of rotatable bonds is 7. The lowest BCUT2D eigenvalue weighted by Gasteiger charge is -2.17. The van der Waals surface area contributed by atoms with Crippen LogP contribution in [-0.2, 0) is 4.74 Å². The van der Waals surface area contributed by atoms with Crippen molar-refractivity contribution in [1.82, 2.24) is 10.3 Å². The van der Waals surface area contributed by atoms with Gasteiger partial charge in [-0.3, -0.25) is 14.6 Å². The number of carbonyl (C=O) groups excluding carboxylic acids is 2. The number of hydrogen-bond acceptors (Lipinski definition) is 5. The minimum atomic E-state index is -0.303. The highest BCUT2D eigenvalue weighted by molar-refractivity contribution is 6.05. The van der Waals surface area contributed by atoms with Crippen molar-refractivity contribution in [3.63, 3.8) is 0 Å². The highest BCUT2D eigenvalue weighted by atomic mass is 16.5. The van der Waals surface area contributed by atoms with E-state index in [4.69, 9.17) is 4.74 Å². The third-order valence-corrected chi connectivity index (χ3v) is 4.45. The van der Waals surface area contributed by atoms with E-state index in [0.717, 1.165) is 13.1 Å². The van der Waals surface area contributed by atoms with E-state index in [0.29, 0.717) is 30.0 Å². The number of benzene rings is 1. The number of aromatic nitrogens is 1. The Balaban J connectivity index is 1.62. The van der Waals surface area contributed by atoms with Crippen molar-refractivity contribution < 1.29 is 14.3 Å². The normalized spacial score (nSPS) is 13.4. The molecule has 2 heterocycles. The van der Waals surface area contributed by atoms with Crippen LogP contribution in [-0.4, -0.2) is 50.1 Å². The zero-order valence-electron chi connectivity index (χ0n) is 15.4. The molecule has 1 aliphatic heterocycles. The topological polar surface area (TPSA) is 83.6 Å². The fourth-order valence-corrected chi connectivity index (χ4v) is 2.99. The summed E-state index contributed by atoms with van der Waals surface area (Å²) in [5.41, 5.74) is 2.54. The second-order valence-electron chi connectivity index (χ2n) is 6.41. The number of amides is 2. The average Bonchev–Trinajstić information content (AvgIpc) is 3.23. The van der Waals surface area contributed by atoms with Crippen molar-refractivity contribution in [3.05, 3.63) is 53.9 Å². The second kappa shape index (κ2) is 9.14. The van der Waals surface area contributed by atoms with E-state index in [1.165, 1.54) is 37.0 Å². The Morgan fingerprint density at radius 3 is 2.41 bits per heavy atom. The number of anilines is 2. The molecule has 1 aromatic heterocycles. The Bertz CT molecular complexity index is 786. The van der Waals surface area contributed by atoms with Gasteiger partial charge in [-0.25, -0.2) is 0 Å². The van der Waals surface area contributed by atoms with Gasteiger partial charge in [0.05, 0.1) is 17.7 Å². The number of nitrogens with one attached hydrogen (secondary N) is 2. The van der Waals surface area contributed by atoms with Crippen LogP contribution < -0.4 is 15.5 Å². The lowest BCUT2D eigenvalue weighted by atomic mass is 10.1. The lowest BCUT2D eigenvalue weighted by molar-refractivity contribution is 0.0936. The van der Waals surface area contributed by atoms with Crippen LogP contribution in [0.2, 0.25) is 0 Å². The van der Waals surface area contributed by atoms with Gasteiger partial charge in [-0.1, -0.05) is 0 Å². The zero-order valence-corrected chi connectivity index (χ0v) is 15.4. The largest absolute Gasteiger partial charge is 0.383 e. The Labute approximate surface area is 158 Å². The third-order valence-electron chi connectivity index (χ3n) is 4.45. The number of carbonyl (C=O) groups is 2. The molecule has 3 rings (SSSR count). The quantitative estimate of drug-likeness (QED) is 0.733. The van der Waals surface area contributed by atoms with Crippen molar-refractivity contribution in [2.45, 2.75) is 12.8 Å². The molecule has 0 saturated carbocycles. The van der Waals surface area contributed by atoms with Gasteiger partial charge in [0.25, 0.3) is 11.8 Å². The first-order chi connectivity index (χ1) is 13.2. The Morgan fingerprint density at radius 1 is 1.07 bits per heavy atom. The van der Waals surface area contributed by atoms with Gasteiger partial charge in [0.15, 0.2) is 0 Å². The summed E-state index contributed by atoms with van der Waals surface area (Å²) < 4.78 is 4.90. The highest BCUT2D eigenvalue weighted by Crippen LogP contribution is 2.22. The molecule has 2 aromatic rings. The van der Waals surface area contributed by atoms with E-state index in [1.807, 2.05) is 24.3 Å². The molecule has 142 valence electrons. The Hall–Kier alpha value is -2.93. The fourth-order valence-electron chi connectivity index (χ4n) is 2.99. The van der Waals surface area contributed by atoms with E-state index in [2.05, 4.69) is 20.5 Å². The summed E-state index contributed by atoms with van der Waals surface area (Å²) in [4.78, 5) is 30.9. The maximum Gasteiger partial charge on any atom is 0.257 e. The van der Waals surface area contributed by atoms with Gasteiger partial charge in [-0.2, -0.15) is 0 Å². The van der Waals surface area contributed by atoms with Crippen molar-refractivity contribution in [2.24, 2.45) is 0 Å². The number of methoxy groups -OCH3 is 1. The van der Waals surface area contributed by atoms with E-state index in [1.54, 1.807) is 7.11 Å². The highest BCUT2D eigenvalue weighted by Gasteiger charge is 2.14. The van der Waals surface area contributed by atoms with Crippen molar-refractivity contribution in [2.75, 3.05) is 43.6 Å². The molecule has 0 aliphatic carbocycles. The van der Waals surface area contributed by atoms with Crippen LogP contribution >= 0.6 is 0 Å². The molecule has 0 spiro atoms. The lowest BCUT2D eigenvalue weighted by Crippen LogP contribution is -2.27. The molecular weight excluding hydrogens is 344 g/mol. The van der Waals surface area contributed by atoms with E-state index in [9.17, 15) is 9.59 Å². The molecule has 2 amide bonds. The van der Waals surface area contributed by atoms with Crippen LogP contribution in [0.15, 0.2) is 42.7 Å². The van der Waals surface area contributed by atoms with Gasteiger partial charge in [0.2, 0.25) is 0 Å². The molecule has 7 heteroatoms. The molecule has 0 bridgehead atoms. The predicted octanol–water partition coefficient (Wildman–Crippen LogP) is 2.31. The Morgan fingerprint density at radius 2 is 1.74 bits per heavy atom. The number of nitrogens with zero attached hydrogens (tertiary/aromatic N) is 2. The van der Waals surface area contributed by atoms with Gasteiger partial charge in [0.1, 0.15) is 0 Å². The summed E-state index contributed by atoms with van der Waals surface area (Å²) >= 11 is 0. The van der Waals surface area contributed by atoms with Crippen molar-refractivity contribution in [1.29, 1.82) is 0 Å². The summed E-state index contributed by atoms with van der Waals surface area (Å²) in [7, 11) is 1.57. The number of pyridine rings is 1. The summed E-state index contributed by atoms with van der Waals surface area (Å²) in [5, 5.41) is 5.55. The van der Waals surface area contributed by atoms with Crippen LogP contribution in [0.1, 0.15) is 33.6 Å². The monoisotopic (exact) mass is 368 g/mol. The predicted molar refractivity (Wildman–Crippen MR) is 104 cm³/mol. The van der Waals surface area contributed by atoms with E-state index >= 15 is 0 Å². The first-order valence-electron chi connectivity index (χ1n) is 9.06. The molecule has 1 aromatic carbocycles. The van der Waals surface area contributed by atoms with Crippen LogP contribution in [0.3, 0.4) is 0 Å². The molecule has 7 nitrogen and oxygen atoms in total. The summed E-state index contributed by atoms with van der Waals surface area (Å²) in [6, 6.07) is 9.33. The third kappa shape index (κ3) is 5.04. The molecule has 1 saturated heterocycles. The van der Waals surface area contributed by atoms with Gasteiger partial charge in [-0.05, 0) is 43.2 Å². The number of hydrogen-bond donors (Lipinski definition) is 2. The standard InChI is InChI=1S/C20H24N4O3/c1-27-11-8-22-19(25)15-12-16(14-21-13-15)20(26)23-17-4-6-18(7-5-17)24-9-2-3-10-24/h4-7,12-14H,2-3,8-11H2,1H3,(H,22,25)(H,23,26). The average molecular weight is 368 g/mol. The molecule has 0 unspecified atom stereocenters. The van der Waals surface area contributed by atoms with Gasteiger partial charge in [0, 0.05) is 50.5 Å². The molecule has 1 aliphatic rings. The van der Waals surface area contributed by atoms with Crippen LogP contribution in [0.5, 0.6) is 0 Å². The van der Waals surface area contributed by atoms with E-state index in [-0.39, 0.29) is 11.8 Å². The summed E-state index contributed by atoms with van der Waals surface area (Å²) in [6.45, 7) is 2.98. The van der Waals surface area contributed by atoms with Crippen LogP contribution in [0.4, 0.5) is 11.4 Å². The summed E-state index contributed by atoms with van der Waals surface area (Å²) in [5.74, 6) is -0.591. The smallest absolute Gasteiger partial charge is 0.257 e. The first kappa shape index (κ1) is 18.8. The molecular formula is C20H24N4O3. The second-order valence-corrected chi connectivity index (χ2v) is 6.41. The summed E-state index contributed by atoms with van der Waals surface area (Å²) in [6.07, 6.45) is 5.32. The molecule has 0 atom stereocenters. The van der Waals surface area contributed by atoms with Gasteiger partial charge >= 0.3 is 0 Å². The first-order valence-corrected chi connectivity index (χ1v) is 9.06. The molecule has 1 fully saturated rings. The van der Waals surface area contributed by atoms with Gasteiger partial charge in [-0.15, -0.1) is 0 Å². The van der Waals surface area contributed by atoms with Gasteiger partial charge < -0.3 is 20.3 Å². The Kier molecular flexibility index (Phi) is 6.38. The minimum absolute atomic E-state index is 0.288. The van der Waals surface area contributed by atoms with Crippen molar-refractivity contribution in [3.8, 4) is 0 Å². The fraction of sp³-hybridized carbons (Fsp3) is 0.350.